The predicted octanol–water partition coefficient (Wildman–Crippen LogP) is -0.741. The molecule has 1 unspecified atom stereocenters. The van der Waals surface area contributed by atoms with Crippen LogP contribution >= 0.6 is 11.8 Å². The van der Waals surface area contributed by atoms with Crippen molar-refractivity contribution in [2.45, 2.75) is 24.9 Å². The summed E-state index contributed by atoms with van der Waals surface area (Å²) in [5.74, 6) is -0.849. The predicted molar refractivity (Wildman–Crippen MR) is 74.9 cm³/mol. The third-order valence-electron chi connectivity index (χ3n) is 3.55. The molecule has 2 aliphatic heterocycles. The summed E-state index contributed by atoms with van der Waals surface area (Å²) in [7, 11) is 0. The molecule has 21 heavy (non-hydrogen) atoms. The van der Waals surface area contributed by atoms with Crippen LogP contribution in [-0.4, -0.2) is 44.0 Å². The van der Waals surface area contributed by atoms with Gasteiger partial charge >= 0.3 is 5.97 Å². The van der Waals surface area contributed by atoms with E-state index in [1.54, 1.807) is 12.4 Å². The van der Waals surface area contributed by atoms with Crippen molar-refractivity contribution < 1.29 is 19.3 Å². The van der Waals surface area contributed by atoms with Crippen LogP contribution in [0.5, 0.6) is 0 Å². The number of aliphatic carboxylic acids is 1. The lowest BCUT2D eigenvalue weighted by atomic mass is 10.0. The number of hydrogen-bond donors (Lipinski definition) is 2. The lowest BCUT2D eigenvalue weighted by Crippen LogP contribution is -2.68. The van der Waals surface area contributed by atoms with Gasteiger partial charge < -0.3 is 10.8 Å². The van der Waals surface area contributed by atoms with E-state index in [4.69, 9.17) is 5.73 Å². The molecule has 110 valence electrons. The van der Waals surface area contributed by atoms with Gasteiger partial charge in [0.2, 0.25) is 5.91 Å². The molecule has 0 saturated carbocycles. The number of carbonyl (C=O) groups is 2. The van der Waals surface area contributed by atoms with Gasteiger partial charge in [-0.2, -0.15) is 4.57 Å². The van der Waals surface area contributed by atoms with Crippen LogP contribution in [0.3, 0.4) is 0 Å². The van der Waals surface area contributed by atoms with Crippen LogP contribution in [0.4, 0.5) is 0 Å². The molecule has 1 amide bonds. The van der Waals surface area contributed by atoms with Gasteiger partial charge in [0.1, 0.15) is 22.8 Å². The van der Waals surface area contributed by atoms with E-state index in [1.165, 1.54) is 16.7 Å². The first-order chi connectivity index (χ1) is 9.99. The summed E-state index contributed by atoms with van der Waals surface area (Å²) >= 11 is 1.51. The number of carboxylic acids is 1. The monoisotopic (exact) mass is 307 g/mol. The van der Waals surface area contributed by atoms with E-state index < -0.39 is 12.0 Å². The van der Waals surface area contributed by atoms with Gasteiger partial charge in [-0.3, -0.25) is 9.69 Å². The molecule has 1 aromatic heterocycles. The number of rotatable bonds is 3. The highest BCUT2D eigenvalue weighted by atomic mass is 32.2. The Kier molecular flexibility index (Phi) is 3.42. The van der Waals surface area contributed by atoms with Crippen molar-refractivity contribution in [2.75, 3.05) is 5.75 Å². The molecule has 1 fully saturated rings. The second kappa shape index (κ2) is 5.12. The molecule has 0 aromatic carbocycles. The van der Waals surface area contributed by atoms with E-state index >= 15 is 0 Å². The molecule has 0 bridgehead atoms. The largest absolute Gasteiger partial charge is 0.477 e. The fourth-order valence-corrected chi connectivity index (χ4v) is 3.86. The highest BCUT2D eigenvalue weighted by Crippen LogP contribution is 2.39. The number of β-lactam (4-membered cyclic amide) rings is 1. The minimum Gasteiger partial charge on any atom is -0.477 e. The van der Waals surface area contributed by atoms with Crippen LogP contribution in [-0.2, 0) is 16.1 Å². The van der Waals surface area contributed by atoms with Gasteiger partial charge in [-0.1, -0.05) is 0 Å². The van der Waals surface area contributed by atoms with Crippen LogP contribution in [0, 0.1) is 6.92 Å². The summed E-state index contributed by atoms with van der Waals surface area (Å²) in [5, 5.41) is 9.19. The van der Waals surface area contributed by atoms with Crippen molar-refractivity contribution in [1.29, 1.82) is 0 Å². The van der Waals surface area contributed by atoms with Crippen molar-refractivity contribution >= 4 is 23.6 Å². The molecule has 1 aromatic rings. The molecule has 0 radical (unpaired) electrons. The first-order valence-electron chi connectivity index (χ1n) is 6.46. The molecule has 0 spiro atoms. The van der Waals surface area contributed by atoms with Gasteiger partial charge in [0.25, 0.3) is 0 Å². The maximum absolute atomic E-state index is 11.8. The zero-order valence-electron chi connectivity index (χ0n) is 11.4. The summed E-state index contributed by atoms with van der Waals surface area (Å²) < 4.78 is 1.87. The molecule has 2 aliphatic rings. The Hall–Kier alpha value is -1.93. The first-order valence-corrected chi connectivity index (χ1v) is 7.51. The Morgan fingerprint density at radius 3 is 3.10 bits per heavy atom. The molecule has 1 saturated heterocycles. The number of aryl methyl sites for hydroxylation is 1. The zero-order valence-corrected chi connectivity index (χ0v) is 12.2. The second-order valence-electron chi connectivity index (χ2n) is 5.06. The van der Waals surface area contributed by atoms with Crippen LogP contribution in [0.2, 0.25) is 0 Å². The van der Waals surface area contributed by atoms with Gasteiger partial charge in [-0.15, -0.1) is 11.8 Å². The number of aromatic nitrogens is 2. The number of fused-ring (bicyclic) bond motifs is 1. The van der Waals surface area contributed by atoms with Crippen molar-refractivity contribution in [3.05, 3.63) is 35.6 Å². The van der Waals surface area contributed by atoms with Crippen LogP contribution in [0.1, 0.15) is 5.69 Å². The third-order valence-corrected chi connectivity index (χ3v) is 4.91. The van der Waals surface area contributed by atoms with Crippen molar-refractivity contribution in [3.8, 4) is 0 Å². The summed E-state index contributed by atoms with van der Waals surface area (Å²) in [4.78, 5) is 28.8. The van der Waals surface area contributed by atoms with Gasteiger partial charge in [0.05, 0.1) is 6.20 Å². The number of nitrogens with two attached hydrogens (primary N) is 1. The van der Waals surface area contributed by atoms with Gasteiger partial charge in [0, 0.05) is 11.3 Å². The number of amides is 1. The van der Waals surface area contributed by atoms with Crippen molar-refractivity contribution in [1.82, 2.24) is 9.88 Å². The number of thioether (sulfide) groups is 1. The highest BCUT2D eigenvalue weighted by molar-refractivity contribution is 8.00. The van der Waals surface area contributed by atoms with Crippen LogP contribution < -0.4 is 10.3 Å². The van der Waals surface area contributed by atoms with Gasteiger partial charge in [0.15, 0.2) is 18.9 Å². The average molecular weight is 307 g/mol. The summed E-state index contributed by atoms with van der Waals surface area (Å²) in [6.45, 7) is 2.29. The van der Waals surface area contributed by atoms with E-state index in [1.807, 2.05) is 17.7 Å². The van der Waals surface area contributed by atoms with Gasteiger partial charge in [-0.05, 0) is 6.92 Å². The lowest BCUT2D eigenvalue weighted by Gasteiger charge is -2.47. The van der Waals surface area contributed by atoms with Crippen molar-refractivity contribution in [3.63, 3.8) is 0 Å². The standard InChI is InChI=1S/C13H14N4O3S/c1-7-4-16(3-2-15-7)5-8-6-21-12-9(14)11(18)17(12)10(8)13(19)20/h2-4,9,12H,5-6,14H2,1H3/p+1/t9?,12-/m0/s1. The van der Waals surface area contributed by atoms with E-state index in [0.29, 0.717) is 17.9 Å². The average Bonchev–Trinajstić information content (AvgIpc) is 2.45. The molecule has 7 nitrogen and oxygen atoms in total. The Morgan fingerprint density at radius 1 is 1.67 bits per heavy atom. The SMILES string of the molecule is Cc1c[n+](CC2=C(C(=O)O)N3C(=O)C(N)[C@@H]3SC2)ccn1. The summed E-state index contributed by atoms with van der Waals surface area (Å²) in [6, 6.07) is -0.596. The van der Waals surface area contributed by atoms with E-state index in [-0.39, 0.29) is 17.0 Å². The molecule has 3 heterocycles. The quantitative estimate of drug-likeness (QED) is 0.563. The van der Waals surface area contributed by atoms with Crippen LogP contribution in [0.25, 0.3) is 0 Å². The van der Waals surface area contributed by atoms with E-state index in [0.717, 1.165) is 5.69 Å². The fourth-order valence-electron chi connectivity index (χ4n) is 2.57. The Balaban J connectivity index is 1.95. The number of carboxylic acid groups (broad SMARTS) is 1. The van der Waals surface area contributed by atoms with Gasteiger partial charge in [-0.25, -0.2) is 9.78 Å². The highest BCUT2D eigenvalue weighted by Gasteiger charge is 2.52. The first kappa shape index (κ1) is 14.0. The summed E-state index contributed by atoms with van der Waals surface area (Å²) in [6.07, 6.45) is 5.28. The zero-order chi connectivity index (χ0) is 15.1. The number of carbonyl (C=O) groups excluding carboxylic acids is 1. The molecular weight excluding hydrogens is 292 g/mol. The molecule has 0 aliphatic carbocycles. The molecule has 8 heteroatoms. The maximum Gasteiger partial charge on any atom is 0.352 e. The third kappa shape index (κ3) is 2.30. The number of hydrogen-bond acceptors (Lipinski definition) is 5. The Morgan fingerprint density at radius 2 is 2.43 bits per heavy atom. The minimum atomic E-state index is -1.08. The smallest absolute Gasteiger partial charge is 0.352 e. The van der Waals surface area contributed by atoms with E-state index in [9.17, 15) is 14.7 Å². The molecule has 3 rings (SSSR count). The van der Waals surface area contributed by atoms with Crippen LogP contribution in [0.15, 0.2) is 29.9 Å². The molecular formula is C13H15N4O3S+. The number of nitrogens with zero attached hydrogens (tertiary/aromatic N) is 3. The Bertz CT molecular complexity index is 661. The topological polar surface area (TPSA) is 100 Å². The Labute approximate surface area is 125 Å². The normalized spacial score (nSPS) is 24.7. The maximum atomic E-state index is 11.8. The second-order valence-corrected chi connectivity index (χ2v) is 6.17. The molecule has 3 N–H and O–H groups in total. The minimum absolute atomic E-state index is 0.0763. The summed E-state index contributed by atoms with van der Waals surface area (Å²) in [5.41, 5.74) is 7.35. The lowest BCUT2D eigenvalue weighted by molar-refractivity contribution is -0.689. The van der Waals surface area contributed by atoms with E-state index in [2.05, 4.69) is 4.98 Å². The molecule has 2 atom stereocenters. The van der Waals surface area contributed by atoms with Crippen molar-refractivity contribution in [2.24, 2.45) is 5.73 Å². The fraction of sp³-hybridized carbons (Fsp3) is 0.385.